The Hall–Kier alpha value is -2.41. The van der Waals surface area contributed by atoms with Gasteiger partial charge in [0.05, 0.1) is 4.75 Å². The number of hydrogen-bond acceptors (Lipinski definition) is 5. The normalized spacial score (nSPS) is 16.7. The molecule has 0 radical (unpaired) electrons. The van der Waals surface area contributed by atoms with Crippen LogP contribution in [0.2, 0.25) is 0 Å². The molecule has 1 unspecified atom stereocenters. The summed E-state index contributed by atoms with van der Waals surface area (Å²) in [5, 5.41) is 3.34. The molecule has 1 aliphatic rings. The SMILES string of the molecule is CC1COc2ccc(NCc3ccc(NS(=O)(=O)C(C)(C)C)cc3)cc2O1. The van der Waals surface area contributed by atoms with Gasteiger partial charge in [0.15, 0.2) is 11.5 Å². The van der Waals surface area contributed by atoms with E-state index in [0.29, 0.717) is 18.8 Å². The van der Waals surface area contributed by atoms with Crippen LogP contribution in [0, 0.1) is 0 Å². The van der Waals surface area contributed by atoms with Crippen molar-refractivity contribution in [3.05, 3.63) is 48.0 Å². The second-order valence-electron chi connectivity index (χ2n) is 7.67. The summed E-state index contributed by atoms with van der Waals surface area (Å²) in [6.45, 7) is 8.15. The zero-order chi connectivity index (χ0) is 19.7. The maximum atomic E-state index is 12.2. The molecular weight excluding hydrogens is 364 g/mol. The lowest BCUT2D eigenvalue weighted by atomic mass is 10.2. The summed E-state index contributed by atoms with van der Waals surface area (Å²) >= 11 is 0. The minimum absolute atomic E-state index is 0.0390. The number of ether oxygens (including phenoxy) is 2. The van der Waals surface area contributed by atoms with Crippen molar-refractivity contribution in [2.75, 3.05) is 16.6 Å². The maximum absolute atomic E-state index is 12.2. The molecule has 0 amide bonds. The third kappa shape index (κ3) is 4.66. The zero-order valence-electron chi connectivity index (χ0n) is 16.1. The van der Waals surface area contributed by atoms with Gasteiger partial charge in [-0.05, 0) is 57.5 Å². The molecule has 1 atom stereocenters. The number of sulfonamides is 1. The first-order chi connectivity index (χ1) is 12.6. The minimum atomic E-state index is -3.42. The first-order valence-electron chi connectivity index (χ1n) is 8.93. The van der Waals surface area contributed by atoms with Gasteiger partial charge in [-0.2, -0.15) is 0 Å². The first-order valence-corrected chi connectivity index (χ1v) is 10.4. The van der Waals surface area contributed by atoms with Gasteiger partial charge in [0.2, 0.25) is 10.0 Å². The van der Waals surface area contributed by atoms with E-state index in [4.69, 9.17) is 9.47 Å². The van der Waals surface area contributed by atoms with E-state index < -0.39 is 14.8 Å². The Labute approximate surface area is 160 Å². The van der Waals surface area contributed by atoms with E-state index in [1.807, 2.05) is 37.3 Å². The molecule has 0 aromatic heterocycles. The van der Waals surface area contributed by atoms with Gasteiger partial charge in [0.1, 0.15) is 12.7 Å². The molecular formula is C20H26N2O4S. The number of fused-ring (bicyclic) bond motifs is 1. The molecule has 0 spiro atoms. The fourth-order valence-electron chi connectivity index (χ4n) is 2.49. The van der Waals surface area contributed by atoms with Crippen LogP contribution in [0.3, 0.4) is 0 Å². The van der Waals surface area contributed by atoms with Crippen molar-refractivity contribution >= 4 is 21.4 Å². The van der Waals surface area contributed by atoms with E-state index in [1.54, 1.807) is 32.9 Å². The van der Waals surface area contributed by atoms with Crippen LogP contribution in [-0.4, -0.2) is 25.9 Å². The van der Waals surface area contributed by atoms with Crippen LogP contribution in [0.15, 0.2) is 42.5 Å². The summed E-state index contributed by atoms with van der Waals surface area (Å²) in [6, 6.07) is 13.1. The van der Waals surface area contributed by atoms with Crippen molar-refractivity contribution < 1.29 is 17.9 Å². The van der Waals surface area contributed by atoms with Crippen LogP contribution >= 0.6 is 0 Å². The Bertz CT molecular complexity index is 903. The monoisotopic (exact) mass is 390 g/mol. The fourth-order valence-corrected chi connectivity index (χ4v) is 3.24. The number of benzene rings is 2. The maximum Gasteiger partial charge on any atom is 0.237 e. The Balaban J connectivity index is 1.62. The lowest BCUT2D eigenvalue weighted by Crippen LogP contribution is -2.33. The highest BCUT2D eigenvalue weighted by atomic mass is 32.2. The van der Waals surface area contributed by atoms with Crippen LogP contribution in [0.5, 0.6) is 11.5 Å². The van der Waals surface area contributed by atoms with Crippen LogP contribution in [0.1, 0.15) is 33.3 Å². The lowest BCUT2D eigenvalue weighted by Gasteiger charge is -2.24. The van der Waals surface area contributed by atoms with E-state index in [2.05, 4.69) is 10.0 Å². The molecule has 2 aromatic carbocycles. The molecule has 0 aliphatic carbocycles. The molecule has 2 aromatic rings. The molecule has 3 rings (SSSR count). The van der Waals surface area contributed by atoms with Crippen LogP contribution < -0.4 is 19.5 Å². The summed E-state index contributed by atoms with van der Waals surface area (Å²) in [5.74, 6) is 1.50. The third-order valence-corrected chi connectivity index (χ3v) is 6.37. The highest BCUT2D eigenvalue weighted by Crippen LogP contribution is 2.34. The second-order valence-corrected chi connectivity index (χ2v) is 10.1. The molecule has 0 fully saturated rings. The third-order valence-electron chi connectivity index (χ3n) is 4.25. The van der Waals surface area contributed by atoms with Gasteiger partial charge in [-0.3, -0.25) is 4.72 Å². The Morgan fingerprint density at radius 1 is 1.04 bits per heavy atom. The predicted octanol–water partition coefficient (Wildman–Crippen LogP) is 4.00. The van der Waals surface area contributed by atoms with Crippen LogP contribution in [0.25, 0.3) is 0 Å². The largest absolute Gasteiger partial charge is 0.486 e. The topological polar surface area (TPSA) is 76.7 Å². The molecule has 1 aliphatic heterocycles. The summed E-state index contributed by atoms with van der Waals surface area (Å²) in [4.78, 5) is 0. The number of hydrogen-bond donors (Lipinski definition) is 2. The van der Waals surface area contributed by atoms with Gasteiger partial charge >= 0.3 is 0 Å². The van der Waals surface area contributed by atoms with Gasteiger partial charge in [0, 0.05) is 24.0 Å². The number of rotatable bonds is 5. The second kappa shape index (κ2) is 7.31. The van der Waals surface area contributed by atoms with Crippen molar-refractivity contribution in [1.82, 2.24) is 0 Å². The molecule has 0 bridgehead atoms. The number of anilines is 2. The quantitative estimate of drug-likeness (QED) is 0.807. The Morgan fingerprint density at radius 3 is 2.37 bits per heavy atom. The van der Waals surface area contributed by atoms with Crippen LogP contribution in [0.4, 0.5) is 11.4 Å². The minimum Gasteiger partial charge on any atom is -0.486 e. The van der Waals surface area contributed by atoms with Crippen LogP contribution in [-0.2, 0) is 16.6 Å². The van der Waals surface area contributed by atoms with Crippen molar-refractivity contribution in [2.24, 2.45) is 0 Å². The lowest BCUT2D eigenvalue weighted by molar-refractivity contribution is 0.104. The summed E-state index contributed by atoms with van der Waals surface area (Å²) in [7, 11) is -3.42. The van der Waals surface area contributed by atoms with Crippen molar-refractivity contribution in [3.8, 4) is 11.5 Å². The van der Waals surface area contributed by atoms with E-state index >= 15 is 0 Å². The van der Waals surface area contributed by atoms with E-state index in [0.717, 1.165) is 22.7 Å². The summed E-state index contributed by atoms with van der Waals surface area (Å²) in [6.07, 6.45) is 0.0390. The van der Waals surface area contributed by atoms with E-state index in [-0.39, 0.29) is 6.10 Å². The molecule has 27 heavy (non-hydrogen) atoms. The highest BCUT2D eigenvalue weighted by Gasteiger charge is 2.28. The van der Waals surface area contributed by atoms with Crippen molar-refractivity contribution in [3.63, 3.8) is 0 Å². The fraction of sp³-hybridized carbons (Fsp3) is 0.400. The molecule has 7 heteroatoms. The van der Waals surface area contributed by atoms with Gasteiger partial charge in [-0.25, -0.2) is 8.42 Å². The average molecular weight is 391 g/mol. The van der Waals surface area contributed by atoms with Crippen molar-refractivity contribution in [1.29, 1.82) is 0 Å². The van der Waals surface area contributed by atoms with Crippen molar-refractivity contribution in [2.45, 2.75) is 45.1 Å². The smallest absolute Gasteiger partial charge is 0.237 e. The zero-order valence-corrected chi connectivity index (χ0v) is 16.9. The summed E-state index contributed by atoms with van der Waals surface area (Å²) in [5.41, 5.74) is 2.53. The molecule has 0 saturated heterocycles. The molecule has 6 nitrogen and oxygen atoms in total. The molecule has 2 N–H and O–H groups in total. The van der Waals surface area contributed by atoms with Gasteiger partial charge in [-0.15, -0.1) is 0 Å². The first kappa shape index (κ1) is 19.4. The number of nitrogens with one attached hydrogen (secondary N) is 2. The van der Waals surface area contributed by atoms with E-state index in [1.165, 1.54) is 0 Å². The Kier molecular flexibility index (Phi) is 5.24. The molecule has 0 saturated carbocycles. The Morgan fingerprint density at radius 2 is 1.70 bits per heavy atom. The summed E-state index contributed by atoms with van der Waals surface area (Å²) < 4.78 is 37.6. The molecule has 1 heterocycles. The average Bonchev–Trinajstić information content (AvgIpc) is 2.59. The predicted molar refractivity (Wildman–Crippen MR) is 108 cm³/mol. The highest BCUT2D eigenvalue weighted by molar-refractivity contribution is 7.94. The standard InChI is InChI=1S/C20H26N2O4S/c1-14-13-25-18-10-9-17(11-19(18)26-14)21-12-15-5-7-16(8-6-15)22-27(23,24)20(2,3)4/h5-11,14,21-22H,12-13H2,1-4H3. The van der Waals surface area contributed by atoms with E-state index in [9.17, 15) is 8.42 Å². The van der Waals surface area contributed by atoms with Gasteiger partial charge in [0.25, 0.3) is 0 Å². The van der Waals surface area contributed by atoms with Gasteiger partial charge < -0.3 is 14.8 Å². The van der Waals surface area contributed by atoms with Gasteiger partial charge in [-0.1, -0.05) is 12.1 Å². The molecule has 146 valence electrons.